The number of carbonyl (C=O) groups excluding carboxylic acids is 1. The molecule has 1 aliphatic rings. The first-order chi connectivity index (χ1) is 12.3. The fourth-order valence-electron chi connectivity index (χ4n) is 3.22. The maximum absolute atomic E-state index is 14.0. The van der Waals surface area contributed by atoms with Gasteiger partial charge in [0.2, 0.25) is 0 Å². The summed E-state index contributed by atoms with van der Waals surface area (Å²) in [6.45, 7) is 2.79. The van der Waals surface area contributed by atoms with E-state index in [1.54, 1.807) is 17.9 Å². The summed E-state index contributed by atoms with van der Waals surface area (Å²) in [5.74, 6) is -1.34. The van der Waals surface area contributed by atoms with E-state index in [1.807, 2.05) is 0 Å². The summed E-state index contributed by atoms with van der Waals surface area (Å²) in [5.41, 5.74) is -1.15. The van der Waals surface area contributed by atoms with E-state index in [1.165, 1.54) is 6.07 Å². The fraction of sp³-hybridized carbons (Fsp3) is 0.444. The number of halogens is 4. The number of hydrogen-bond donors (Lipinski definition) is 0. The molecule has 1 aromatic carbocycles. The predicted molar refractivity (Wildman–Crippen MR) is 88.3 cm³/mol. The second kappa shape index (κ2) is 7.09. The average molecular weight is 370 g/mol. The van der Waals surface area contributed by atoms with Gasteiger partial charge in [0.1, 0.15) is 17.0 Å². The molecule has 1 saturated heterocycles. The number of nitrogens with zero attached hydrogens (tertiary/aromatic N) is 2. The first-order valence-corrected chi connectivity index (χ1v) is 8.39. The third-order valence-electron chi connectivity index (χ3n) is 4.51. The van der Waals surface area contributed by atoms with Gasteiger partial charge < -0.3 is 9.64 Å². The van der Waals surface area contributed by atoms with Gasteiger partial charge in [0.25, 0.3) is 0 Å². The standard InChI is InChI=1S/C18H18F4N2O2/c1-2-26-17(25)11-6-8-24(9-7-11)14-10-15(18(20,21)22)23-16-12(14)4-3-5-13(16)19/h3-5,10-11H,2,6-9H2,1H3. The highest BCUT2D eigenvalue weighted by Crippen LogP contribution is 2.36. The van der Waals surface area contributed by atoms with Gasteiger partial charge in [0.15, 0.2) is 0 Å². The van der Waals surface area contributed by atoms with Crippen molar-refractivity contribution in [2.75, 3.05) is 24.6 Å². The minimum Gasteiger partial charge on any atom is -0.466 e. The molecule has 0 bridgehead atoms. The molecule has 0 radical (unpaired) electrons. The van der Waals surface area contributed by atoms with Crippen molar-refractivity contribution >= 4 is 22.6 Å². The number of carbonyl (C=O) groups is 1. The lowest BCUT2D eigenvalue weighted by Gasteiger charge is -2.33. The number of esters is 1. The maximum Gasteiger partial charge on any atom is 0.433 e. The number of para-hydroxylation sites is 1. The van der Waals surface area contributed by atoms with Crippen LogP contribution in [0.5, 0.6) is 0 Å². The third kappa shape index (κ3) is 3.59. The van der Waals surface area contributed by atoms with Crippen LogP contribution in [-0.2, 0) is 15.7 Å². The zero-order valence-electron chi connectivity index (χ0n) is 14.1. The summed E-state index contributed by atoms with van der Waals surface area (Å²) in [5, 5.41) is 0.326. The molecule has 2 aromatic rings. The van der Waals surface area contributed by atoms with E-state index in [-0.39, 0.29) is 23.1 Å². The summed E-state index contributed by atoms with van der Waals surface area (Å²) >= 11 is 0. The fourth-order valence-corrected chi connectivity index (χ4v) is 3.22. The molecule has 1 aliphatic heterocycles. The number of ether oxygens (including phenoxy) is 1. The first-order valence-electron chi connectivity index (χ1n) is 8.39. The zero-order chi connectivity index (χ0) is 18.9. The van der Waals surface area contributed by atoms with Crippen LogP contribution >= 0.6 is 0 Å². The molecule has 4 nitrogen and oxygen atoms in total. The third-order valence-corrected chi connectivity index (χ3v) is 4.51. The van der Waals surface area contributed by atoms with Gasteiger partial charge in [-0.05, 0) is 31.9 Å². The minimum absolute atomic E-state index is 0.266. The highest BCUT2D eigenvalue weighted by molar-refractivity contribution is 5.92. The zero-order valence-corrected chi connectivity index (χ0v) is 14.1. The number of aromatic nitrogens is 1. The van der Waals surface area contributed by atoms with E-state index >= 15 is 0 Å². The molecule has 8 heteroatoms. The number of benzene rings is 1. The molecule has 0 unspecified atom stereocenters. The van der Waals surface area contributed by atoms with Crippen LogP contribution in [0.3, 0.4) is 0 Å². The molecule has 0 N–H and O–H groups in total. The Morgan fingerprint density at radius 3 is 2.62 bits per heavy atom. The van der Waals surface area contributed by atoms with E-state index in [0.717, 1.165) is 12.1 Å². The Morgan fingerprint density at radius 2 is 2.00 bits per heavy atom. The van der Waals surface area contributed by atoms with Crippen molar-refractivity contribution in [1.82, 2.24) is 4.98 Å². The Labute approximate surface area is 147 Å². The molecular weight excluding hydrogens is 352 g/mol. The number of alkyl halides is 3. The molecule has 0 amide bonds. The Hall–Kier alpha value is -2.38. The second-order valence-corrected chi connectivity index (χ2v) is 6.17. The van der Waals surface area contributed by atoms with Crippen LogP contribution < -0.4 is 4.90 Å². The maximum atomic E-state index is 14.0. The average Bonchev–Trinajstić information content (AvgIpc) is 2.61. The van der Waals surface area contributed by atoms with E-state index < -0.39 is 17.7 Å². The van der Waals surface area contributed by atoms with Crippen molar-refractivity contribution in [3.63, 3.8) is 0 Å². The Morgan fingerprint density at radius 1 is 1.31 bits per heavy atom. The normalized spacial score (nSPS) is 16.1. The molecular formula is C18H18F4N2O2. The van der Waals surface area contributed by atoms with Crippen molar-refractivity contribution in [3.8, 4) is 0 Å². The minimum atomic E-state index is -4.67. The lowest BCUT2D eigenvalue weighted by Crippen LogP contribution is -2.37. The Kier molecular flexibility index (Phi) is 5.02. The molecule has 26 heavy (non-hydrogen) atoms. The van der Waals surface area contributed by atoms with Crippen LogP contribution in [0.1, 0.15) is 25.5 Å². The molecule has 2 heterocycles. The lowest BCUT2D eigenvalue weighted by atomic mass is 9.96. The van der Waals surface area contributed by atoms with E-state index in [0.29, 0.717) is 37.9 Å². The lowest BCUT2D eigenvalue weighted by molar-refractivity contribution is -0.148. The molecule has 0 spiro atoms. The van der Waals surface area contributed by atoms with Crippen LogP contribution in [0.4, 0.5) is 23.2 Å². The van der Waals surface area contributed by atoms with Crippen LogP contribution in [-0.4, -0.2) is 30.6 Å². The van der Waals surface area contributed by atoms with Gasteiger partial charge in [-0.25, -0.2) is 9.37 Å². The van der Waals surface area contributed by atoms with E-state index in [2.05, 4.69) is 4.98 Å². The van der Waals surface area contributed by atoms with Crippen molar-refractivity contribution < 1.29 is 27.1 Å². The topological polar surface area (TPSA) is 42.4 Å². The van der Waals surface area contributed by atoms with Crippen molar-refractivity contribution in [3.05, 3.63) is 35.8 Å². The van der Waals surface area contributed by atoms with Gasteiger partial charge in [-0.3, -0.25) is 4.79 Å². The molecule has 1 fully saturated rings. The summed E-state index contributed by atoms with van der Waals surface area (Å²) in [4.78, 5) is 17.0. The predicted octanol–water partition coefficient (Wildman–Crippen LogP) is 4.17. The van der Waals surface area contributed by atoms with Crippen molar-refractivity contribution in [2.45, 2.75) is 25.9 Å². The van der Waals surface area contributed by atoms with Gasteiger partial charge in [0.05, 0.1) is 12.5 Å². The smallest absolute Gasteiger partial charge is 0.433 e. The van der Waals surface area contributed by atoms with Crippen molar-refractivity contribution in [2.24, 2.45) is 5.92 Å². The van der Waals surface area contributed by atoms with Crippen LogP contribution in [0.15, 0.2) is 24.3 Å². The van der Waals surface area contributed by atoms with Crippen LogP contribution in [0, 0.1) is 11.7 Å². The molecule has 140 valence electrons. The number of pyridine rings is 1. The van der Waals surface area contributed by atoms with E-state index in [9.17, 15) is 22.4 Å². The summed E-state index contributed by atoms with van der Waals surface area (Å²) < 4.78 is 58.6. The van der Waals surface area contributed by atoms with Gasteiger partial charge in [-0.15, -0.1) is 0 Å². The number of anilines is 1. The molecule has 0 aliphatic carbocycles. The van der Waals surface area contributed by atoms with Gasteiger partial charge in [-0.2, -0.15) is 13.2 Å². The van der Waals surface area contributed by atoms with Gasteiger partial charge >= 0.3 is 12.1 Å². The molecule has 3 rings (SSSR count). The molecule has 1 aromatic heterocycles. The molecule has 0 atom stereocenters. The SMILES string of the molecule is CCOC(=O)C1CCN(c2cc(C(F)(F)F)nc3c(F)cccc23)CC1. The van der Waals surface area contributed by atoms with E-state index in [4.69, 9.17) is 4.74 Å². The number of fused-ring (bicyclic) bond motifs is 1. The summed E-state index contributed by atoms with van der Waals surface area (Å²) in [6, 6.07) is 5.04. The molecule has 0 saturated carbocycles. The van der Waals surface area contributed by atoms with Crippen molar-refractivity contribution in [1.29, 1.82) is 0 Å². The summed E-state index contributed by atoms with van der Waals surface area (Å²) in [7, 11) is 0. The Balaban J connectivity index is 1.95. The number of hydrogen-bond acceptors (Lipinski definition) is 4. The van der Waals surface area contributed by atoms with Crippen LogP contribution in [0.2, 0.25) is 0 Å². The first kappa shape index (κ1) is 18.4. The largest absolute Gasteiger partial charge is 0.466 e. The second-order valence-electron chi connectivity index (χ2n) is 6.17. The highest BCUT2D eigenvalue weighted by atomic mass is 19.4. The summed E-state index contributed by atoms with van der Waals surface area (Å²) in [6.07, 6.45) is -3.73. The van der Waals surface area contributed by atoms with Gasteiger partial charge in [-0.1, -0.05) is 12.1 Å². The van der Waals surface area contributed by atoms with Gasteiger partial charge in [0, 0.05) is 24.2 Å². The quantitative estimate of drug-likeness (QED) is 0.601. The Bertz CT molecular complexity index is 815. The highest BCUT2D eigenvalue weighted by Gasteiger charge is 2.35. The van der Waals surface area contributed by atoms with Crippen LogP contribution in [0.25, 0.3) is 10.9 Å². The number of piperidine rings is 1. The number of rotatable bonds is 3. The monoisotopic (exact) mass is 370 g/mol.